The Labute approximate surface area is 133 Å². The van der Waals surface area contributed by atoms with E-state index in [4.69, 9.17) is 0 Å². The third-order valence-corrected chi connectivity index (χ3v) is 4.10. The topological polar surface area (TPSA) is 83.7 Å². The molecule has 1 aliphatic heterocycles. The van der Waals surface area contributed by atoms with Crippen LogP contribution < -0.4 is 0 Å². The van der Waals surface area contributed by atoms with Crippen molar-refractivity contribution in [2.24, 2.45) is 0 Å². The minimum atomic E-state index is -1.21. The summed E-state index contributed by atoms with van der Waals surface area (Å²) in [6.07, 6.45) is -0.795. The molecule has 118 valence electrons. The summed E-state index contributed by atoms with van der Waals surface area (Å²) in [5, 5.41) is 21.3. The van der Waals surface area contributed by atoms with Gasteiger partial charge in [0, 0.05) is 24.7 Å². The second kappa shape index (κ2) is 6.18. The molecular formula is C17H16N2O4. The Balaban J connectivity index is 1.81. The average molecular weight is 312 g/mol. The lowest BCUT2D eigenvalue weighted by Crippen LogP contribution is -2.39. The molecule has 2 aromatic carbocycles. The van der Waals surface area contributed by atoms with E-state index in [2.05, 4.69) is 0 Å². The summed E-state index contributed by atoms with van der Waals surface area (Å²) < 4.78 is 0. The first kappa shape index (κ1) is 15.2. The molecule has 1 unspecified atom stereocenters. The molecule has 6 nitrogen and oxygen atoms in total. The molecule has 1 atom stereocenters. The highest BCUT2D eigenvalue weighted by Crippen LogP contribution is 2.29. The molecule has 0 fully saturated rings. The van der Waals surface area contributed by atoms with Gasteiger partial charge in [0.2, 0.25) is 0 Å². The molecule has 0 aliphatic carbocycles. The summed E-state index contributed by atoms with van der Waals surface area (Å²) in [7, 11) is 0. The van der Waals surface area contributed by atoms with Gasteiger partial charge in [-0.15, -0.1) is 0 Å². The van der Waals surface area contributed by atoms with Crippen LogP contribution in [-0.2, 0) is 17.8 Å². The molecule has 6 heteroatoms. The maximum absolute atomic E-state index is 12.5. The van der Waals surface area contributed by atoms with Crippen molar-refractivity contribution in [1.82, 2.24) is 4.90 Å². The van der Waals surface area contributed by atoms with Gasteiger partial charge in [-0.25, -0.2) is 0 Å². The SMILES string of the molecule is O=C(C(O)c1ccccc1)N1CCc2c(cccc2[N+](=O)[O-])C1. The lowest BCUT2D eigenvalue weighted by atomic mass is 9.97. The smallest absolute Gasteiger partial charge is 0.272 e. The number of carbonyl (C=O) groups excluding carboxylic acids is 1. The van der Waals surface area contributed by atoms with Crippen LogP contribution in [0.15, 0.2) is 48.5 Å². The van der Waals surface area contributed by atoms with Crippen LogP contribution in [0, 0.1) is 10.1 Å². The predicted molar refractivity (Wildman–Crippen MR) is 83.6 cm³/mol. The predicted octanol–water partition coefficient (Wildman–Crippen LogP) is 2.21. The number of nitro benzene ring substituents is 1. The first-order chi connectivity index (χ1) is 11.1. The number of hydrogen-bond acceptors (Lipinski definition) is 4. The molecule has 0 bridgehead atoms. The minimum Gasteiger partial charge on any atom is -0.378 e. The number of aliphatic hydroxyl groups excluding tert-OH is 1. The van der Waals surface area contributed by atoms with Gasteiger partial charge in [-0.1, -0.05) is 42.5 Å². The second-order valence-corrected chi connectivity index (χ2v) is 5.49. The summed E-state index contributed by atoms with van der Waals surface area (Å²) in [5.41, 5.74) is 2.08. The summed E-state index contributed by atoms with van der Waals surface area (Å²) >= 11 is 0. The lowest BCUT2D eigenvalue weighted by Gasteiger charge is -2.30. The zero-order valence-electron chi connectivity index (χ0n) is 12.4. The van der Waals surface area contributed by atoms with Gasteiger partial charge in [-0.2, -0.15) is 0 Å². The molecule has 1 amide bonds. The van der Waals surface area contributed by atoms with E-state index in [0.29, 0.717) is 24.1 Å². The number of nitro groups is 1. The third kappa shape index (κ3) is 2.93. The van der Waals surface area contributed by atoms with Crippen molar-refractivity contribution < 1.29 is 14.8 Å². The summed E-state index contributed by atoms with van der Waals surface area (Å²) in [6, 6.07) is 13.6. The van der Waals surface area contributed by atoms with E-state index in [1.54, 1.807) is 41.3 Å². The van der Waals surface area contributed by atoms with Crippen molar-refractivity contribution in [1.29, 1.82) is 0 Å². The fourth-order valence-electron chi connectivity index (χ4n) is 2.90. The van der Waals surface area contributed by atoms with Gasteiger partial charge in [0.1, 0.15) is 0 Å². The van der Waals surface area contributed by atoms with Gasteiger partial charge in [-0.05, 0) is 17.5 Å². The van der Waals surface area contributed by atoms with Crippen molar-refractivity contribution in [3.8, 4) is 0 Å². The number of nitrogens with zero attached hydrogens (tertiary/aromatic N) is 2. The van der Waals surface area contributed by atoms with Crippen LogP contribution in [0.5, 0.6) is 0 Å². The van der Waals surface area contributed by atoms with E-state index < -0.39 is 11.0 Å². The molecule has 0 aromatic heterocycles. The Hall–Kier alpha value is -2.73. The first-order valence-corrected chi connectivity index (χ1v) is 7.35. The Bertz CT molecular complexity index is 746. The molecule has 1 N–H and O–H groups in total. The largest absolute Gasteiger partial charge is 0.378 e. The van der Waals surface area contributed by atoms with E-state index >= 15 is 0 Å². The summed E-state index contributed by atoms with van der Waals surface area (Å²) in [4.78, 5) is 24.7. The summed E-state index contributed by atoms with van der Waals surface area (Å²) in [6.45, 7) is 0.639. The number of hydrogen-bond donors (Lipinski definition) is 1. The van der Waals surface area contributed by atoms with Crippen LogP contribution >= 0.6 is 0 Å². The molecule has 1 aliphatic rings. The second-order valence-electron chi connectivity index (χ2n) is 5.49. The van der Waals surface area contributed by atoms with Crippen molar-refractivity contribution >= 4 is 11.6 Å². The van der Waals surface area contributed by atoms with Crippen LogP contribution in [-0.4, -0.2) is 27.4 Å². The van der Waals surface area contributed by atoms with Crippen molar-refractivity contribution in [2.75, 3.05) is 6.54 Å². The molecular weight excluding hydrogens is 296 g/mol. The highest BCUT2D eigenvalue weighted by atomic mass is 16.6. The van der Waals surface area contributed by atoms with E-state index in [-0.39, 0.29) is 18.1 Å². The molecule has 23 heavy (non-hydrogen) atoms. The van der Waals surface area contributed by atoms with Crippen molar-refractivity contribution in [3.63, 3.8) is 0 Å². The molecule has 3 rings (SSSR count). The first-order valence-electron chi connectivity index (χ1n) is 7.35. The van der Waals surface area contributed by atoms with Gasteiger partial charge in [-0.3, -0.25) is 14.9 Å². The van der Waals surface area contributed by atoms with Crippen LogP contribution in [0.4, 0.5) is 5.69 Å². The highest BCUT2D eigenvalue weighted by molar-refractivity contribution is 5.82. The number of carbonyl (C=O) groups is 1. The molecule has 0 spiro atoms. The van der Waals surface area contributed by atoms with Crippen LogP contribution in [0.25, 0.3) is 0 Å². The van der Waals surface area contributed by atoms with Gasteiger partial charge in [0.25, 0.3) is 11.6 Å². The van der Waals surface area contributed by atoms with Gasteiger partial charge in [0.15, 0.2) is 6.10 Å². The maximum atomic E-state index is 12.5. The normalized spacial score (nSPS) is 14.9. The quantitative estimate of drug-likeness (QED) is 0.695. The maximum Gasteiger partial charge on any atom is 0.272 e. The monoisotopic (exact) mass is 312 g/mol. The number of fused-ring (bicyclic) bond motifs is 1. The van der Waals surface area contributed by atoms with E-state index in [1.165, 1.54) is 6.07 Å². The third-order valence-electron chi connectivity index (χ3n) is 4.10. The zero-order valence-corrected chi connectivity index (χ0v) is 12.4. The molecule has 1 heterocycles. The zero-order chi connectivity index (χ0) is 16.4. The Morgan fingerprint density at radius 3 is 2.61 bits per heavy atom. The standard InChI is InChI=1S/C17H16N2O4/c20-16(12-5-2-1-3-6-12)17(21)18-10-9-14-13(11-18)7-4-8-15(14)19(22)23/h1-8,16,20H,9-11H2. The minimum absolute atomic E-state index is 0.0956. The van der Waals surface area contributed by atoms with Gasteiger partial charge in [0.05, 0.1) is 4.92 Å². The van der Waals surface area contributed by atoms with Crippen LogP contribution in [0.3, 0.4) is 0 Å². The van der Waals surface area contributed by atoms with Crippen molar-refractivity contribution in [2.45, 2.75) is 19.1 Å². The van der Waals surface area contributed by atoms with Gasteiger partial charge >= 0.3 is 0 Å². The summed E-state index contributed by atoms with van der Waals surface area (Å²) in [5.74, 6) is -0.381. The number of benzene rings is 2. The van der Waals surface area contributed by atoms with E-state index in [9.17, 15) is 20.0 Å². The Kier molecular flexibility index (Phi) is 4.08. The van der Waals surface area contributed by atoms with Crippen LogP contribution in [0.2, 0.25) is 0 Å². The Morgan fingerprint density at radius 2 is 1.91 bits per heavy atom. The average Bonchev–Trinajstić information content (AvgIpc) is 2.60. The van der Waals surface area contributed by atoms with Crippen molar-refractivity contribution in [3.05, 3.63) is 75.3 Å². The molecule has 2 aromatic rings. The lowest BCUT2D eigenvalue weighted by molar-refractivity contribution is -0.385. The van der Waals surface area contributed by atoms with E-state index in [0.717, 1.165) is 5.56 Å². The van der Waals surface area contributed by atoms with E-state index in [1.807, 2.05) is 6.07 Å². The van der Waals surface area contributed by atoms with Crippen LogP contribution in [0.1, 0.15) is 22.8 Å². The Morgan fingerprint density at radius 1 is 1.17 bits per heavy atom. The highest BCUT2D eigenvalue weighted by Gasteiger charge is 2.29. The van der Waals surface area contributed by atoms with Gasteiger partial charge < -0.3 is 10.0 Å². The molecule has 0 radical (unpaired) electrons. The number of rotatable bonds is 3. The number of aliphatic hydroxyl groups is 1. The fourth-order valence-corrected chi connectivity index (χ4v) is 2.90. The molecule has 0 saturated heterocycles. The number of amides is 1. The fraction of sp³-hybridized carbons (Fsp3) is 0.235. The molecule has 0 saturated carbocycles.